The van der Waals surface area contributed by atoms with Crippen molar-refractivity contribution in [3.63, 3.8) is 0 Å². The summed E-state index contributed by atoms with van der Waals surface area (Å²) in [5.41, 5.74) is 4.60. The van der Waals surface area contributed by atoms with E-state index in [1.807, 2.05) is 6.07 Å². The standard InChI is InChI=1S/C22H19Cl2N3O3S/c1-31(29,30)27(18-6-3-2-4-7-18)15-16-10-12-17(13-11-16)22(28)26-25-14-19-20(23)8-5-9-21(19)24/h2-14H,15H2,1H3,(H,26,28). The van der Waals surface area contributed by atoms with Gasteiger partial charge in [0.05, 0.1) is 34.7 Å². The van der Waals surface area contributed by atoms with Crippen LogP contribution in [0.5, 0.6) is 0 Å². The number of carbonyl (C=O) groups excluding carboxylic acids is 1. The fourth-order valence-electron chi connectivity index (χ4n) is 2.78. The highest BCUT2D eigenvalue weighted by Gasteiger charge is 2.17. The van der Waals surface area contributed by atoms with Gasteiger partial charge in [-0.3, -0.25) is 9.10 Å². The molecule has 3 aromatic carbocycles. The Labute approximate surface area is 191 Å². The molecule has 0 heterocycles. The van der Waals surface area contributed by atoms with Gasteiger partial charge in [0, 0.05) is 11.1 Å². The lowest BCUT2D eigenvalue weighted by atomic mass is 10.1. The highest BCUT2D eigenvalue weighted by atomic mass is 35.5. The first kappa shape index (κ1) is 22.8. The summed E-state index contributed by atoms with van der Waals surface area (Å²) in [5, 5.41) is 4.74. The summed E-state index contributed by atoms with van der Waals surface area (Å²) >= 11 is 12.1. The number of anilines is 1. The number of carbonyl (C=O) groups is 1. The van der Waals surface area contributed by atoms with E-state index in [9.17, 15) is 13.2 Å². The summed E-state index contributed by atoms with van der Waals surface area (Å²) in [6, 6.07) is 20.5. The van der Waals surface area contributed by atoms with Crippen molar-refractivity contribution in [2.45, 2.75) is 6.54 Å². The summed E-state index contributed by atoms with van der Waals surface area (Å²) in [7, 11) is -3.47. The monoisotopic (exact) mass is 475 g/mol. The number of sulfonamides is 1. The van der Waals surface area contributed by atoms with Crippen molar-refractivity contribution < 1.29 is 13.2 Å². The number of hydrogen-bond acceptors (Lipinski definition) is 4. The maximum absolute atomic E-state index is 12.3. The summed E-state index contributed by atoms with van der Waals surface area (Å²) in [6.07, 6.45) is 2.53. The first-order valence-corrected chi connectivity index (χ1v) is 11.8. The summed E-state index contributed by atoms with van der Waals surface area (Å²) < 4.78 is 25.7. The highest BCUT2D eigenvalue weighted by Crippen LogP contribution is 2.22. The average molecular weight is 476 g/mol. The molecule has 1 amide bonds. The van der Waals surface area contributed by atoms with E-state index in [1.54, 1.807) is 66.7 Å². The second-order valence-corrected chi connectivity index (χ2v) is 9.36. The van der Waals surface area contributed by atoms with Gasteiger partial charge in [0.1, 0.15) is 0 Å². The topological polar surface area (TPSA) is 78.8 Å². The number of rotatable bonds is 7. The van der Waals surface area contributed by atoms with E-state index in [0.29, 0.717) is 26.9 Å². The van der Waals surface area contributed by atoms with Gasteiger partial charge < -0.3 is 0 Å². The van der Waals surface area contributed by atoms with Gasteiger partial charge in [0.25, 0.3) is 5.91 Å². The lowest BCUT2D eigenvalue weighted by Gasteiger charge is -2.22. The van der Waals surface area contributed by atoms with E-state index in [0.717, 1.165) is 11.8 Å². The van der Waals surface area contributed by atoms with Crippen LogP contribution in [0.25, 0.3) is 0 Å². The minimum atomic E-state index is -3.47. The number of amides is 1. The SMILES string of the molecule is CS(=O)(=O)N(Cc1ccc(C(=O)NN=Cc2c(Cl)cccc2Cl)cc1)c1ccccc1. The molecule has 160 valence electrons. The van der Waals surface area contributed by atoms with E-state index in [4.69, 9.17) is 23.2 Å². The molecule has 0 aliphatic heterocycles. The molecule has 3 aromatic rings. The Kier molecular flexibility index (Phi) is 7.33. The van der Waals surface area contributed by atoms with Crippen LogP contribution in [0.1, 0.15) is 21.5 Å². The van der Waals surface area contributed by atoms with Crippen LogP contribution in [0, 0.1) is 0 Å². The molecule has 0 unspecified atom stereocenters. The van der Waals surface area contributed by atoms with Crippen LogP contribution in [-0.2, 0) is 16.6 Å². The maximum atomic E-state index is 12.3. The summed E-state index contributed by atoms with van der Waals surface area (Å²) in [4.78, 5) is 12.3. The van der Waals surface area contributed by atoms with Crippen LogP contribution in [0.2, 0.25) is 10.0 Å². The van der Waals surface area contributed by atoms with Crippen molar-refractivity contribution in [2.24, 2.45) is 5.10 Å². The van der Waals surface area contributed by atoms with E-state index in [-0.39, 0.29) is 6.54 Å². The molecule has 0 atom stereocenters. The summed E-state index contributed by atoms with van der Waals surface area (Å²) in [6.45, 7) is 0.147. The molecule has 9 heteroatoms. The molecular weight excluding hydrogens is 457 g/mol. The van der Waals surface area contributed by atoms with Crippen LogP contribution >= 0.6 is 23.2 Å². The van der Waals surface area contributed by atoms with Crippen molar-refractivity contribution in [1.82, 2.24) is 5.43 Å². The Hall–Kier alpha value is -2.87. The molecule has 3 rings (SSSR count). The molecule has 31 heavy (non-hydrogen) atoms. The fourth-order valence-corrected chi connectivity index (χ4v) is 4.16. The van der Waals surface area contributed by atoms with Crippen molar-refractivity contribution in [2.75, 3.05) is 10.6 Å². The fraction of sp³-hybridized carbons (Fsp3) is 0.0909. The normalized spacial score (nSPS) is 11.5. The van der Waals surface area contributed by atoms with Gasteiger partial charge in [-0.15, -0.1) is 0 Å². The number of hydrazone groups is 1. The first-order chi connectivity index (χ1) is 14.8. The number of para-hydroxylation sites is 1. The molecule has 0 spiro atoms. The van der Waals surface area contributed by atoms with E-state index in [2.05, 4.69) is 10.5 Å². The van der Waals surface area contributed by atoms with Crippen molar-refractivity contribution in [1.29, 1.82) is 0 Å². The average Bonchev–Trinajstić information content (AvgIpc) is 2.74. The van der Waals surface area contributed by atoms with E-state index >= 15 is 0 Å². The minimum absolute atomic E-state index is 0.147. The predicted molar refractivity (Wildman–Crippen MR) is 125 cm³/mol. The Balaban J connectivity index is 1.69. The second kappa shape index (κ2) is 9.96. The number of halogens is 2. The van der Waals surface area contributed by atoms with Crippen molar-refractivity contribution >= 4 is 51.0 Å². The molecule has 0 fully saturated rings. The van der Waals surface area contributed by atoms with Crippen LogP contribution in [-0.4, -0.2) is 26.8 Å². The molecule has 1 N–H and O–H groups in total. The largest absolute Gasteiger partial charge is 0.271 e. The molecule has 0 aromatic heterocycles. The Morgan fingerprint density at radius 2 is 1.58 bits per heavy atom. The quantitative estimate of drug-likeness (QED) is 0.396. The Morgan fingerprint density at radius 3 is 2.16 bits per heavy atom. The zero-order valence-electron chi connectivity index (χ0n) is 16.5. The third-order valence-electron chi connectivity index (χ3n) is 4.35. The zero-order valence-corrected chi connectivity index (χ0v) is 18.8. The molecule has 0 saturated heterocycles. The highest BCUT2D eigenvalue weighted by molar-refractivity contribution is 7.92. The molecule has 0 aliphatic rings. The van der Waals surface area contributed by atoms with Gasteiger partial charge in [-0.2, -0.15) is 5.10 Å². The predicted octanol–water partition coefficient (Wildman–Crippen LogP) is 4.72. The van der Waals surface area contributed by atoms with Gasteiger partial charge in [-0.05, 0) is 42.0 Å². The summed E-state index contributed by atoms with van der Waals surface area (Å²) in [5.74, 6) is -0.422. The number of benzene rings is 3. The third-order valence-corrected chi connectivity index (χ3v) is 6.15. The molecule has 0 saturated carbocycles. The molecule has 0 aliphatic carbocycles. The molecular formula is C22H19Cl2N3O3S. The van der Waals surface area contributed by atoms with Gasteiger partial charge in [0.15, 0.2) is 0 Å². The van der Waals surface area contributed by atoms with Crippen molar-refractivity contribution in [3.05, 3.63) is 99.5 Å². The second-order valence-electron chi connectivity index (χ2n) is 6.64. The zero-order chi connectivity index (χ0) is 22.4. The van der Waals surface area contributed by atoms with Gasteiger partial charge in [-0.1, -0.05) is 59.6 Å². The smallest absolute Gasteiger partial charge is 0.267 e. The van der Waals surface area contributed by atoms with Crippen LogP contribution in [0.15, 0.2) is 77.9 Å². The number of nitrogens with zero attached hydrogens (tertiary/aromatic N) is 2. The number of nitrogens with one attached hydrogen (secondary N) is 1. The lowest BCUT2D eigenvalue weighted by Crippen LogP contribution is -2.29. The minimum Gasteiger partial charge on any atom is -0.267 e. The van der Waals surface area contributed by atoms with E-state index < -0.39 is 15.9 Å². The molecule has 6 nitrogen and oxygen atoms in total. The number of hydrogen-bond donors (Lipinski definition) is 1. The van der Waals surface area contributed by atoms with Crippen LogP contribution < -0.4 is 9.73 Å². The molecule has 0 bridgehead atoms. The van der Waals surface area contributed by atoms with Gasteiger partial charge in [-0.25, -0.2) is 13.8 Å². The Morgan fingerprint density at radius 1 is 0.968 bits per heavy atom. The van der Waals surface area contributed by atoms with Crippen LogP contribution in [0.3, 0.4) is 0 Å². The lowest BCUT2D eigenvalue weighted by molar-refractivity contribution is 0.0955. The maximum Gasteiger partial charge on any atom is 0.271 e. The Bertz CT molecular complexity index is 1180. The van der Waals surface area contributed by atoms with Crippen molar-refractivity contribution in [3.8, 4) is 0 Å². The van der Waals surface area contributed by atoms with Gasteiger partial charge in [0.2, 0.25) is 10.0 Å². The molecule has 0 radical (unpaired) electrons. The van der Waals surface area contributed by atoms with E-state index in [1.165, 1.54) is 10.5 Å². The third kappa shape index (κ3) is 6.07. The van der Waals surface area contributed by atoms with Crippen LogP contribution in [0.4, 0.5) is 5.69 Å². The van der Waals surface area contributed by atoms with Gasteiger partial charge >= 0.3 is 0 Å². The first-order valence-electron chi connectivity index (χ1n) is 9.15.